The Balaban J connectivity index is 1.65. The molecule has 100 valence electrons. The van der Waals surface area contributed by atoms with E-state index >= 15 is 0 Å². The zero-order valence-electron chi connectivity index (χ0n) is 11.3. The summed E-state index contributed by atoms with van der Waals surface area (Å²) < 4.78 is 5.40. The first-order chi connectivity index (χ1) is 9.33. The van der Waals surface area contributed by atoms with E-state index in [1.807, 2.05) is 12.1 Å². The van der Waals surface area contributed by atoms with E-state index in [0.29, 0.717) is 0 Å². The Labute approximate surface area is 114 Å². The molecule has 1 atom stereocenters. The van der Waals surface area contributed by atoms with Gasteiger partial charge in [0.2, 0.25) is 0 Å². The molecule has 1 fully saturated rings. The third-order valence-electron chi connectivity index (χ3n) is 3.69. The maximum atomic E-state index is 5.40. The van der Waals surface area contributed by atoms with Gasteiger partial charge in [-0.3, -0.25) is 0 Å². The summed E-state index contributed by atoms with van der Waals surface area (Å²) in [5, 5.41) is 3.45. The Morgan fingerprint density at radius 3 is 2.47 bits per heavy atom. The Morgan fingerprint density at radius 1 is 1.11 bits per heavy atom. The zero-order chi connectivity index (χ0) is 13.1. The second-order valence-electron chi connectivity index (χ2n) is 5.12. The molecule has 3 rings (SSSR count). The summed E-state index contributed by atoms with van der Waals surface area (Å²) in [6.45, 7) is 4.48. The molecule has 2 aromatic rings. The molecule has 3 heteroatoms. The molecule has 3 nitrogen and oxygen atoms in total. The lowest BCUT2D eigenvalue weighted by atomic mass is 10.2. The van der Waals surface area contributed by atoms with Crippen molar-refractivity contribution in [3.05, 3.63) is 48.4 Å². The highest BCUT2D eigenvalue weighted by atomic mass is 16.3. The van der Waals surface area contributed by atoms with E-state index in [4.69, 9.17) is 4.42 Å². The second-order valence-corrected chi connectivity index (χ2v) is 5.12. The van der Waals surface area contributed by atoms with Crippen LogP contribution in [0.2, 0.25) is 0 Å². The standard InChI is InChI=1S/C16H20N2O/c1-13(16-5-4-12-19-16)17-14-6-8-15(9-7-14)18-10-2-3-11-18/h4-9,12-13,17H,2-3,10-11H2,1H3. The van der Waals surface area contributed by atoms with Crippen molar-refractivity contribution in [2.75, 3.05) is 23.3 Å². The van der Waals surface area contributed by atoms with Gasteiger partial charge in [0, 0.05) is 24.5 Å². The number of benzene rings is 1. The number of furan rings is 1. The Kier molecular flexibility index (Phi) is 3.45. The summed E-state index contributed by atoms with van der Waals surface area (Å²) in [5.41, 5.74) is 2.46. The molecule has 1 N–H and O–H groups in total. The van der Waals surface area contributed by atoms with Gasteiger partial charge in [-0.15, -0.1) is 0 Å². The van der Waals surface area contributed by atoms with Gasteiger partial charge < -0.3 is 14.6 Å². The molecular weight excluding hydrogens is 236 g/mol. The Bertz CT molecular complexity index is 498. The van der Waals surface area contributed by atoms with Crippen LogP contribution in [0.3, 0.4) is 0 Å². The summed E-state index contributed by atoms with van der Waals surface area (Å²) in [6.07, 6.45) is 4.34. The lowest BCUT2D eigenvalue weighted by Crippen LogP contribution is -2.17. The summed E-state index contributed by atoms with van der Waals surface area (Å²) in [4.78, 5) is 2.44. The molecule has 0 spiro atoms. The Morgan fingerprint density at radius 2 is 1.84 bits per heavy atom. The van der Waals surface area contributed by atoms with E-state index < -0.39 is 0 Å². The monoisotopic (exact) mass is 256 g/mol. The SMILES string of the molecule is CC(Nc1ccc(N2CCCC2)cc1)c1ccco1. The van der Waals surface area contributed by atoms with E-state index in [2.05, 4.69) is 41.4 Å². The van der Waals surface area contributed by atoms with Crippen LogP contribution >= 0.6 is 0 Å². The van der Waals surface area contributed by atoms with Crippen LogP contribution in [0.5, 0.6) is 0 Å². The fraction of sp³-hybridized carbons (Fsp3) is 0.375. The lowest BCUT2D eigenvalue weighted by molar-refractivity contribution is 0.490. The van der Waals surface area contributed by atoms with Crippen LogP contribution in [0, 0.1) is 0 Å². The summed E-state index contributed by atoms with van der Waals surface area (Å²) in [5.74, 6) is 0.962. The number of nitrogens with zero attached hydrogens (tertiary/aromatic N) is 1. The van der Waals surface area contributed by atoms with Crippen molar-refractivity contribution in [1.82, 2.24) is 0 Å². The minimum atomic E-state index is 0.188. The molecule has 1 saturated heterocycles. The Hall–Kier alpha value is -1.90. The summed E-state index contributed by atoms with van der Waals surface area (Å²) >= 11 is 0. The molecular formula is C16H20N2O. The first-order valence-corrected chi connectivity index (χ1v) is 6.98. The quantitative estimate of drug-likeness (QED) is 0.894. The average Bonchev–Trinajstić information content (AvgIpc) is 3.13. The second kappa shape index (κ2) is 5.39. The molecule has 0 saturated carbocycles. The van der Waals surface area contributed by atoms with Crippen molar-refractivity contribution >= 4 is 11.4 Å². The first-order valence-electron chi connectivity index (χ1n) is 6.98. The van der Waals surface area contributed by atoms with Crippen LogP contribution in [0.25, 0.3) is 0 Å². The number of rotatable bonds is 4. The van der Waals surface area contributed by atoms with Crippen molar-refractivity contribution in [1.29, 1.82) is 0 Å². The third kappa shape index (κ3) is 2.75. The fourth-order valence-electron chi connectivity index (χ4n) is 2.60. The van der Waals surface area contributed by atoms with Crippen LogP contribution in [-0.4, -0.2) is 13.1 Å². The molecule has 1 aliphatic heterocycles. The van der Waals surface area contributed by atoms with E-state index in [1.54, 1.807) is 6.26 Å². The van der Waals surface area contributed by atoms with Crippen molar-refractivity contribution in [3.63, 3.8) is 0 Å². The smallest absolute Gasteiger partial charge is 0.125 e. The van der Waals surface area contributed by atoms with Crippen LogP contribution in [-0.2, 0) is 0 Å². The first kappa shape index (κ1) is 12.2. The van der Waals surface area contributed by atoms with E-state index in [9.17, 15) is 0 Å². The highest BCUT2D eigenvalue weighted by Gasteiger charge is 2.12. The van der Waals surface area contributed by atoms with E-state index in [0.717, 1.165) is 11.4 Å². The van der Waals surface area contributed by atoms with Gasteiger partial charge >= 0.3 is 0 Å². The fourth-order valence-corrected chi connectivity index (χ4v) is 2.60. The lowest BCUT2D eigenvalue weighted by Gasteiger charge is -2.19. The molecule has 19 heavy (non-hydrogen) atoms. The average molecular weight is 256 g/mol. The maximum absolute atomic E-state index is 5.40. The van der Waals surface area contributed by atoms with Gasteiger partial charge in [0.1, 0.15) is 5.76 Å². The van der Waals surface area contributed by atoms with Gasteiger partial charge in [0.15, 0.2) is 0 Å². The van der Waals surface area contributed by atoms with Crippen molar-refractivity contribution in [2.24, 2.45) is 0 Å². The summed E-state index contributed by atoms with van der Waals surface area (Å²) in [7, 11) is 0. The molecule has 1 aromatic carbocycles. The summed E-state index contributed by atoms with van der Waals surface area (Å²) in [6, 6.07) is 12.8. The van der Waals surface area contributed by atoms with Crippen LogP contribution in [0.15, 0.2) is 47.1 Å². The van der Waals surface area contributed by atoms with Crippen molar-refractivity contribution in [2.45, 2.75) is 25.8 Å². The molecule has 0 amide bonds. The number of hydrogen-bond acceptors (Lipinski definition) is 3. The maximum Gasteiger partial charge on any atom is 0.125 e. The predicted molar refractivity (Wildman–Crippen MR) is 78.6 cm³/mol. The van der Waals surface area contributed by atoms with Gasteiger partial charge in [0.25, 0.3) is 0 Å². The predicted octanol–water partition coefficient (Wildman–Crippen LogP) is 4.05. The molecule has 0 bridgehead atoms. The minimum Gasteiger partial charge on any atom is -0.467 e. The van der Waals surface area contributed by atoms with Gasteiger partial charge in [-0.2, -0.15) is 0 Å². The highest BCUT2D eigenvalue weighted by molar-refractivity contribution is 5.56. The van der Waals surface area contributed by atoms with Gasteiger partial charge in [-0.05, 0) is 56.2 Å². The topological polar surface area (TPSA) is 28.4 Å². The number of nitrogens with one attached hydrogen (secondary N) is 1. The molecule has 1 aromatic heterocycles. The van der Waals surface area contributed by atoms with Crippen molar-refractivity contribution in [3.8, 4) is 0 Å². The number of anilines is 2. The molecule has 0 aliphatic carbocycles. The third-order valence-corrected chi connectivity index (χ3v) is 3.69. The van der Waals surface area contributed by atoms with Crippen molar-refractivity contribution < 1.29 is 4.42 Å². The molecule has 1 unspecified atom stereocenters. The normalized spacial score (nSPS) is 16.6. The van der Waals surface area contributed by atoms with Crippen LogP contribution in [0.1, 0.15) is 31.6 Å². The van der Waals surface area contributed by atoms with Crippen LogP contribution < -0.4 is 10.2 Å². The molecule has 0 radical (unpaired) electrons. The minimum absolute atomic E-state index is 0.188. The van der Waals surface area contributed by atoms with Gasteiger partial charge in [-0.1, -0.05) is 0 Å². The van der Waals surface area contributed by atoms with E-state index in [-0.39, 0.29) is 6.04 Å². The van der Waals surface area contributed by atoms with Gasteiger partial charge in [0.05, 0.1) is 12.3 Å². The molecule has 2 heterocycles. The largest absolute Gasteiger partial charge is 0.467 e. The zero-order valence-corrected chi connectivity index (χ0v) is 11.3. The van der Waals surface area contributed by atoms with Crippen LogP contribution in [0.4, 0.5) is 11.4 Å². The van der Waals surface area contributed by atoms with E-state index in [1.165, 1.54) is 31.6 Å². The highest BCUT2D eigenvalue weighted by Crippen LogP contribution is 2.24. The molecule has 1 aliphatic rings. The van der Waals surface area contributed by atoms with Gasteiger partial charge in [-0.25, -0.2) is 0 Å². The number of hydrogen-bond donors (Lipinski definition) is 1.